The summed E-state index contributed by atoms with van der Waals surface area (Å²) < 4.78 is 5.63. The maximum atomic E-state index is 13.3. The van der Waals surface area contributed by atoms with E-state index in [0.29, 0.717) is 31.0 Å². The SMILES string of the molecule is CCCOc1ccc(/C(O)=C2\C(=O)C(=O)N(CCN(C)C)C2c2c(C)[nH]c3ccccc23)cc1. The molecule has 1 aliphatic rings. The standard InChI is InChI=1S/C27H31N3O4/c1-5-16-34-19-12-10-18(11-13-19)25(31)23-24(30(15-14-29(3)4)27(33)26(23)32)22-17(2)28-21-9-7-6-8-20(21)22/h6-13,24,28,31H,5,14-16H2,1-4H3/b25-23+. The molecule has 2 heterocycles. The maximum absolute atomic E-state index is 13.3. The van der Waals surface area contributed by atoms with Crippen LogP contribution in [-0.4, -0.2) is 65.4 Å². The number of carbonyl (C=O) groups is 2. The van der Waals surface area contributed by atoms with Gasteiger partial charge in [-0.25, -0.2) is 0 Å². The molecular weight excluding hydrogens is 430 g/mol. The lowest BCUT2D eigenvalue weighted by molar-refractivity contribution is -0.140. The van der Waals surface area contributed by atoms with E-state index in [9.17, 15) is 14.7 Å². The first kappa shape index (κ1) is 23.6. The van der Waals surface area contributed by atoms with E-state index in [1.807, 2.05) is 57.1 Å². The van der Waals surface area contributed by atoms with Crippen LogP contribution in [0.15, 0.2) is 54.1 Å². The van der Waals surface area contributed by atoms with Gasteiger partial charge in [-0.2, -0.15) is 0 Å². The van der Waals surface area contributed by atoms with Crippen LogP contribution in [-0.2, 0) is 9.59 Å². The van der Waals surface area contributed by atoms with Crippen LogP contribution in [0.5, 0.6) is 5.75 Å². The molecule has 3 aromatic rings. The number of aliphatic hydroxyl groups is 1. The second-order valence-corrected chi connectivity index (χ2v) is 8.88. The zero-order valence-corrected chi connectivity index (χ0v) is 20.1. The molecule has 0 spiro atoms. The summed E-state index contributed by atoms with van der Waals surface area (Å²) in [7, 11) is 3.84. The van der Waals surface area contributed by atoms with Crippen LogP contribution >= 0.6 is 0 Å². The molecule has 1 aromatic heterocycles. The van der Waals surface area contributed by atoms with Gasteiger partial charge in [0.2, 0.25) is 0 Å². The van der Waals surface area contributed by atoms with Crippen molar-refractivity contribution in [1.82, 2.24) is 14.8 Å². The average Bonchev–Trinajstić information content (AvgIpc) is 3.28. The number of para-hydroxylation sites is 1. The van der Waals surface area contributed by atoms with Gasteiger partial charge in [0.25, 0.3) is 11.7 Å². The van der Waals surface area contributed by atoms with Gasteiger partial charge in [0.15, 0.2) is 0 Å². The molecule has 2 aromatic carbocycles. The fraction of sp³-hybridized carbons (Fsp3) is 0.333. The number of likely N-dealkylation sites (tertiary alicyclic amines) is 1. The Bertz CT molecular complexity index is 1240. The van der Waals surface area contributed by atoms with Crippen LogP contribution < -0.4 is 4.74 Å². The molecule has 0 aliphatic carbocycles. The third kappa shape index (κ3) is 4.31. The number of aromatic nitrogens is 1. The quantitative estimate of drug-likeness (QED) is 0.298. The Labute approximate surface area is 199 Å². The van der Waals surface area contributed by atoms with Crippen LogP contribution in [0.1, 0.15) is 36.2 Å². The van der Waals surface area contributed by atoms with Gasteiger partial charge in [0.05, 0.1) is 18.2 Å². The number of aliphatic hydroxyl groups excluding tert-OH is 1. The van der Waals surface area contributed by atoms with Crippen molar-refractivity contribution in [3.63, 3.8) is 0 Å². The molecule has 1 unspecified atom stereocenters. The summed E-state index contributed by atoms with van der Waals surface area (Å²) in [6, 6.07) is 14.1. The van der Waals surface area contributed by atoms with Gasteiger partial charge in [0.1, 0.15) is 11.5 Å². The topological polar surface area (TPSA) is 85.9 Å². The Morgan fingerprint density at radius 1 is 1.12 bits per heavy atom. The number of aromatic amines is 1. The van der Waals surface area contributed by atoms with Crippen LogP contribution in [0.2, 0.25) is 0 Å². The third-order valence-electron chi connectivity index (χ3n) is 6.15. The molecule has 1 amide bonds. The second kappa shape index (κ2) is 9.73. The van der Waals surface area contributed by atoms with E-state index in [1.165, 1.54) is 0 Å². The summed E-state index contributed by atoms with van der Waals surface area (Å²) in [6.07, 6.45) is 0.891. The molecule has 0 bridgehead atoms. The molecule has 0 radical (unpaired) electrons. The summed E-state index contributed by atoms with van der Waals surface area (Å²) in [6.45, 7) is 5.52. The van der Waals surface area contributed by atoms with E-state index in [2.05, 4.69) is 4.98 Å². The van der Waals surface area contributed by atoms with Crippen molar-refractivity contribution in [3.05, 3.63) is 70.9 Å². The lowest BCUT2D eigenvalue weighted by Gasteiger charge is -2.27. The maximum Gasteiger partial charge on any atom is 0.295 e. The highest BCUT2D eigenvalue weighted by Crippen LogP contribution is 2.43. The van der Waals surface area contributed by atoms with Crippen LogP contribution in [0.4, 0.5) is 0 Å². The minimum Gasteiger partial charge on any atom is -0.507 e. The van der Waals surface area contributed by atoms with Crippen molar-refractivity contribution in [2.75, 3.05) is 33.8 Å². The summed E-state index contributed by atoms with van der Waals surface area (Å²) >= 11 is 0. The predicted octanol–water partition coefficient (Wildman–Crippen LogP) is 4.25. The molecule has 1 fully saturated rings. The van der Waals surface area contributed by atoms with Crippen molar-refractivity contribution < 1.29 is 19.4 Å². The van der Waals surface area contributed by atoms with E-state index in [0.717, 1.165) is 28.6 Å². The number of likely N-dealkylation sites (N-methyl/N-ethyl adjacent to an activating group) is 1. The average molecular weight is 462 g/mol. The number of aryl methyl sites for hydroxylation is 1. The molecule has 1 atom stereocenters. The van der Waals surface area contributed by atoms with Crippen molar-refractivity contribution in [1.29, 1.82) is 0 Å². The first-order valence-electron chi connectivity index (χ1n) is 11.6. The third-order valence-corrected chi connectivity index (χ3v) is 6.15. The molecule has 2 N–H and O–H groups in total. The predicted molar refractivity (Wildman–Crippen MR) is 133 cm³/mol. The minimum atomic E-state index is -0.688. The van der Waals surface area contributed by atoms with Crippen molar-refractivity contribution in [3.8, 4) is 5.75 Å². The van der Waals surface area contributed by atoms with Crippen LogP contribution in [0.25, 0.3) is 16.7 Å². The van der Waals surface area contributed by atoms with Gasteiger partial charge >= 0.3 is 0 Å². The van der Waals surface area contributed by atoms with Crippen LogP contribution in [0, 0.1) is 6.92 Å². The number of benzene rings is 2. The summed E-state index contributed by atoms with van der Waals surface area (Å²) in [5.41, 5.74) is 3.19. The minimum absolute atomic E-state index is 0.110. The molecular formula is C27H31N3O4. The number of amides is 1. The molecule has 1 aliphatic heterocycles. The second-order valence-electron chi connectivity index (χ2n) is 8.88. The van der Waals surface area contributed by atoms with Crippen molar-refractivity contribution in [2.24, 2.45) is 0 Å². The molecule has 178 valence electrons. The lowest BCUT2D eigenvalue weighted by Crippen LogP contribution is -2.35. The molecule has 34 heavy (non-hydrogen) atoms. The number of hydrogen-bond donors (Lipinski definition) is 2. The largest absolute Gasteiger partial charge is 0.507 e. The van der Waals surface area contributed by atoms with Crippen LogP contribution in [0.3, 0.4) is 0 Å². The highest BCUT2D eigenvalue weighted by atomic mass is 16.5. The van der Waals surface area contributed by atoms with Gasteiger partial charge in [-0.05, 0) is 57.8 Å². The Kier molecular flexibility index (Phi) is 6.75. The Morgan fingerprint density at radius 2 is 1.82 bits per heavy atom. The molecule has 7 heteroatoms. The number of Topliss-reactive ketones (excluding diaryl/α,β-unsaturated/α-hetero) is 1. The fourth-order valence-corrected chi connectivity index (χ4v) is 4.45. The number of ketones is 1. The number of rotatable bonds is 8. The van der Waals surface area contributed by atoms with Gasteiger partial charge < -0.3 is 24.6 Å². The highest BCUT2D eigenvalue weighted by Gasteiger charge is 2.47. The Morgan fingerprint density at radius 3 is 2.50 bits per heavy atom. The summed E-state index contributed by atoms with van der Waals surface area (Å²) in [4.78, 5) is 33.4. The number of ether oxygens (including phenoxy) is 1. The smallest absolute Gasteiger partial charge is 0.295 e. The summed E-state index contributed by atoms with van der Waals surface area (Å²) in [5, 5.41) is 12.2. The highest BCUT2D eigenvalue weighted by molar-refractivity contribution is 6.46. The number of fused-ring (bicyclic) bond motifs is 1. The Balaban J connectivity index is 1.86. The number of H-pyrrole nitrogens is 1. The molecule has 7 nitrogen and oxygen atoms in total. The normalized spacial score (nSPS) is 17.8. The van der Waals surface area contributed by atoms with E-state index in [-0.39, 0.29) is 11.3 Å². The fourth-order valence-electron chi connectivity index (χ4n) is 4.45. The number of hydrogen-bond acceptors (Lipinski definition) is 5. The first-order chi connectivity index (χ1) is 16.3. The zero-order chi connectivity index (χ0) is 24.4. The summed E-state index contributed by atoms with van der Waals surface area (Å²) in [5.74, 6) is -0.755. The van der Waals surface area contributed by atoms with Crippen molar-refractivity contribution in [2.45, 2.75) is 26.3 Å². The van der Waals surface area contributed by atoms with Gasteiger partial charge in [0, 0.05) is 40.8 Å². The van der Waals surface area contributed by atoms with E-state index in [4.69, 9.17) is 4.74 Å². The van der Waals surface area contributed by atoms with Crippen molar-refractivity contribution >= 4 is 28.4 Å². The van der Waals surface area contributed by atoms with E-state index < -0.39 is 17.7 Å². The van der Waals surface area contributed by atoms with Gasteiger partial charge in [-0.1, -0.05) is 25.1 Å². The van der Waals surface area contributed by atoms with E-state index in [1.54, 1.807) is 29.2 Å². The molecule has 0 saturated carbocycles. The monoisotopic (exact) mass is 461 g/mol. The lowest BCUT2D eigenvalue weighted by atomic mass is 9.93. The Hall–Kier alpha value is -3.58. The number of nitrogens with zero attached hydrogens (tertiary/aromatic N) is 2. The zero-order valence-electron chi connectivity index (χ0n) is 20.1. The van der Waals surface area contributed by atoms with Gasteiger partial charge in [-0.15, -0.1) is 0 Å². The first-order valence-corrected chi connectivity index (χ1v) is 11.6. The number of carbonyl (C=O) groups excluding carboxylic acids is 2. The molecule has 1 saturated heterocycles. The number of nitrogens with one attached hydrogen (secondary N) is 1. The van der Waals surface area contributed by atoms with Gasteiger partial charge in [-0.3, -0.25) is 9.59 Å². The molecule has 4 rings (SSSR count). The van der Waals surface area contributed by atoms with E-state index >= 15 is 0 Å².